The van der Waals surface area contributed by atoms with Crippen LogP contribution in [-0.4, -0.2) is 10.2 Å². The van der Waals surface area contributed by atoms with Gasteiger partial charge in [-0.05, 0) is 41.8 Å². The van der Waals surface area contributed by atoms with Crippen molar-refractivity contribution in [3.8, 4) is 11.5 Å². The van der Waals surface area contributed by atoms with Gasteiger partial charge >= 0.3 is 0 Å². The molecule has 0 amide bonds. The zero-order chi connectivity index (χ0) is 14.9. The third kappa shape index (κ3) is 5.41. The Balaban J connectivity index is 1.77. The summed E-state index contributed by atoms with van der Waals surface area (Å²) in [6.45, 7) is 0. The first-order valence-electron chi connectivity index (χ1n) is 6.82. The van der Waals surface area contributed by atoms with Gasteiger partial charge in [0, 0.05) is 0 Å². The minimum atomic E-state index is 0.280. The number of rotatable bonds is 5. The van der Waals surface area contributed by atoms with Crippen molar-refractivity contribution in [3.63, 3.8) is 0 Å². The number of hydrogen-bond donors (Lipinski definition) is 2. The van der Waals surface area contributed by atoms with Crippen LogP contribution in [0.4, 0.5) is 0 Å². The molecule has 21 heavy (non-hydrogen) atoms. The van der Waals surface area contributed by atoms with Crippen molar-refractivity contribution in [1.29, 1.82) is 0 Å². The van der Waals surface area contributed by atoms with Crippen LogP contribution in [0.3, 0.4) is 0 Å². The standard InChI is InChI=1S/C19H18O2/c20-18-12-8-16(9-13-18)6-4-2-1-3-5-7-17-10-14-19(21)15-11-17/h1-2,4-15,20-21H,3H2/b2-1+,6-4+,7-5+. The van der Waals surface area contributed by atoms with E-state index >= 15 is 0 Å². The quantitative estimate of drug-likeness (QED) is 0.773. The van der Waals surface area contributed by atoms with Crippen molar-refractivity contribution in [2.24, 2.45) is 0 Å². The number of aromatic hydroxyl groups is 2. The Morgan fingerprint density at radius 2 is 1.14 bits per heavy atom. The van der Waals surface area contributed by atoms with Crippen molar-refractivity contribution in [1.82, 2.24) is 0 Å². The van der Waals surface area contributed by atoms with Gasteiger partial charge in [-0.2, -0.15) is 0 Å². The molecule has 0 heterocycles. The Morgan fingerprint density at radius 1 is 0.619 bits per heavy atom. The molecule has 0 atom stereocenters. The molecule has 2 heteroatoms. The number of phenolic OH excluding ortho intramolecular Hbond substituents is 2. The normalized spacial score (nSPS) is 11.8. The maximum atomic E-state index is 9.18. The van der Waals surface area contributed by atoms with Gasteiger partial charge in [-0.25, -0.2) is 0 Å². The molecule has 0 radical (unpaired) electrons. The Bertz CT molecular complexity index is 632. The zero-order valence-electron chi connectivity index (χ0n) is 11.7. The molecule has 2 aromatic carbocycles. The van der Waals surface area contributed by atoms with Crippen LogP contribution in [0.25, 0.3) is 12.2 Å². The summed E-state index contributed by atoms with van der Waals surface area (Å²) in [6.07, 6.45) is 13.0. The van der Waals surface area contributed by atoms with E-state index in [1.807, 2.05) is 48.6 Å². The highest BCUT2D eigenvalue weighted by Gasteiger charge is 1.87. The van der Waals surface area contributed by atoms with E-state index in [1.54, 1.807) is 24.3 Å². The van der Waals surface area contributed by atoms with E-state index in [2.05, 4.69) is 12.2 Å². The van der Waals surface area contributed by atoms with Crippen LogP contribution in [0.15, 0.2) is 72.8 Å². The average Bonchev–Trinajstić information content (AvgIpc) is 2.50. The summed E-state index contributed by atoms with van der Waals surface area (Å²) in [6, 6.07) is 14.2. The second-order valence-corrected chi connectivity index (χ2v) is 4.61. The van der Waals surface area contributed by atoms with Crippen molar-refractivity contribution in [3.05, 3.63) is 84.0 Å². The molecule has 0 spiro atoms. The summed E-state index contributed by atoms with van der Waals surface area (Å²) < 4.78 is 0. The van der Waals surface area contributed by atoms with Gasteiger partial charge in [0.15, 0.2) is 0 Å². The minimum absolute atomic E-state index is 0.280. The minimum Gasteiger partial charge on any atom is -0.508 e. The van der Waals surface area contributed by atoms with Crippen LogP contribution in [0.5, 0.6) is 11.5 Å². The third-order valence-electron chi connectivity index (χ3n) is 2.90. The molecule has 2 rings (SSSR count). The lowest BCUT2D eigenvalue weighted by Gasteiger charge is -1.93. The first-order chi connectivity index (χ1) is 10.2. The molecule has 0 aromatic heterocycles. The summed E-state index contributed by atoms with van der Waals surface area (Å²) >= 11 is 0. The van der Waals surface area contributed by atoms with E-state index in [-0.39, 0.29) is 11.5 Å². The topological polar surface area (TPSA) is 40.5 Å². The van der Waals surface area contributed by atoms with E-state index in [1.165, 1.54) is 0 Å². The average molecular weight is 278 g/mol. The van der Waals surface area contributed by atoms with Gasteiger partial charge in [-0.3, -0.25) is 0 Å². The summed E-state index contributed by atoms with van der Waals surface area (Å²) in [7, 11) is 0. The van der Waals surface area contributed by atoms with E-state index in [0.29, 0.717) is 0 Å². The zero-order valence-corrected chi connectivity index (χ0v) is 11.7. The highest BCUT2D eigenvalue weighted by Crippen LogP contribution is 2.12. The van der Waals surface area contributed by atoms with E-state index in [4.69, 9.17) is 0 Å². The fraction of sp³-hybridized carbons (Fsp3) is 0.0526. The Kier molecular flexibility index (Phi) is 5.41. The maximum Gasteiger partial charge on any atom is 0.115 e. The van der Waals surface area contributed by atoms with Crippen LogP contribution < -0.4 is 0 Å². The molecular formula is C19H18O2. The van der Waals surface area contributed by atoms with Crippen LogP contribution >= 0.6 is 0 Å². The van der Waals surface area contributed by atoms with Crippen LogP contribution in [-0.2, 0) is 0 Å². The molecule has 2 aromatic rings. The SMILES string of the molecule is Oc1ccc(/C=C/C=C/C/C=C/c2ccc(O)cc2)cc1. The molecule has 0 saturated carbocycles. The van der Waals surface area contributed by atoms with Crippen LogP contribution in [0.2, 0.25) is 0 Å². The van der Waals surface area contributed by atoms with Crippen molar-refractivity contribution >= 4 is 12.2 Å². The third-order valence-corrected chi connectivity index (χ3v) is 2.90. The second kappa shape index (κ2) is 7.75. The van der Waals surface area contributed by atoms with Gasteiger partial charge in [-0.15, -0.1) is 0 Å². The van der Waals surface area contributed by atoms with Crippen LogP contribution in [0, 0.1) is 0 Å². The van der Waals surface area contributed by atoms with E-state index in [9.17, 15) is 10.2 Å². The lowest BCUT2D eigenvalue weighted by Crippen LogP contribution is -1.70. The number of phenols is 2. The van der Waals surface area contributed by atoms with Gasteiger partial charge in [0.1, 0.15) is 11.5 Å². The largest absolute Gasteiger partial charge is 0.508 e. The van der Waals surface area contributed by atoms with Crippen LogP contribution in [0.1, 0.15) is 17.5 Å². The van der Waals surface area contributed by atoms with Gasteiger partial charge in [0.05, 0.1) is 0 Å². The predicted molar refractivity (Wildman–Crippen MR) is 88.0 cm³/mol. The lowest BCUT2D eigenvalue weighted by atomic mass is 10.2. The highest BCUT2D eigenvalue weighted by molar-refractivity contribution is 5.52. The molecular weight excluding hydrogens is 260 g/mol. The van der Waals surface area contributed by atoms with Crippen molar-refractivity contribution in [2.45, 2.75) is 6.42 Å². The first kappa shape index (κ1) is 14.7. The molecule has 0 bridgehead atoms. The molecule has 0 aliphatic rings. The molecule has 0 aliphatic heterocycles. The maximum absolute atomic E-state index is 9.18. The smallest absolute Gasteiger partial charge is 0.115 e. The Labute approximate surface area is 125 Å². The number of allylic oxidation sites excluding steroid dienone is 4. The summed E-state index contributed by atoms with van der Waals surface area (Å²) in [5, 5.41) is 18.4. The summed E-state index contributed by atoms with van der Waals surface area (Å²) in [4.78, 5) is 0. The van der Waals surface area contributed by atoms with Gasteiger partial charge in [0.25, 0.3) is 0 Å². The fourth-order valence-electron chi connectivity index (χ4n) is 1.78. The molecule has 0 saturated heterocycles. The second-order valence-electron chi connectivity index (χ2n) is 4.61. The Hall–Kier alpha value is -2.74. The Morgan fingerprint density at radius 3 is 1.71 bits per heavy atom. The van der Waals surface area contributed by atoms with Crippen molar-refractivity contribution in [2.75, 3.05) is 0 Å². The summed E-state index contributed by atoms with van der Waals surface area (Å²) in [5.41, 5.74) is 2.12. The molecule has 2 nitrogen and oxygen atoms in total. The molecule has 0 fully saturated rings. The van der Waals surface area contributed by atoms with Gasteiger partial charge < -0.3 is 10.2 Å². The van der Waals surface area contributed by atoms with Gasteiger partial charge in [0.2, 0.25) is 0 Å². The molecule has 0 unspecified atom stereocenters. The predicted octanol–water partition coefficient (Wildman–Crippen LogP) is 4.77. The highest BCUT2D eigenvalue weighted by atomic mass is 16.3. The van der Waals surface area contributed by atoms with E-state index in [0.717, 1.165) is 17.5 Å². The monoisotopic (exact) mass is 278 g/mol. The fourth-order valence-corrected chi connectivity index (χ4v) is 1.78. The molecule has 2 N–H and O–H groups in total. The van der Waals surface area contributed by atoms with E-state index < -0.39 is 0 Å². The number of hydrogen-bond acceptors (Lipinski definition) is 2. The molecule has 0 aliphatic carbocycles. The van der Waals surface area contributed by atoms with Gasteiger partial charge in [-0.1, -0.05) is 60.7 Å². The van der Waals surface area contributed by atoms with Crippen molar-refractivity contribution < 1.29 is 10.2 Å². The number of benzene rings is 2. The summed E-state index contributed by atoms with van der Waals surface area (Å²) in [5.74, 6) is 0.563. The molecule has 106 valence electrons. The first-order valence-corrected chi connectivity index (χ1v) is 6.82. The lowest BCUT2D eigenvalue weighted by molar-refractivity contribution is 0.474.